The molecule has 1 aromatic heterocycles. The fourth-order valence-corrected chi connectivity index (χ4v) is 1.32. The highest BCUT2D eigenvalue weighted by molar-refractivity contribution is 5.58. The lowest BCUT2D eigenvalue weighted by molar-refractivity contribution is 0.103. The van der Waals surface area contributed by atoms with Gasteiger partial charge in [-0.2, -0.15) is 0 Å². The summed E-state index contributed by atoms with van der Waals surface area (Å²) in [6.45, 7) is 2.28. The monoisotopic (exact) mass is 204 g/mol. The molecule has 15 heavy (non-hydrogen) atoms. The fraction of sp³-hybridized carbons (Fsp3) is 0.182. The summed E-state index contributed by atoms with van der Waals surface area (Å²) in [6, 6.07) is 9.88. The van der Waals surface area contributed by atoms with E-state index in [0.717, 1.165) is 11.3 Å². The summed E-state index contributed by atoms with van der Waals surface area (Å²) in [5.41, 5.74) is 3.03. The summed E-state index contributed by atoms with van der Waals surface area (Å²) in [5.74, 6) is 5.56. The van der Waals surface area contributed by atoms with Crippen molar-refractivity contribution < 1.29 is 9.36 Å². The second-order valence-corrected chi connectivity index (χ2v) is 3.36. The SMILES string of the molecule is Cc1ccc(-c2cc(CON)on2)cc1. The number of hydrogen-bond acceptors (Lipinski definition) is 4. The Morgan fingerprint density at radius 3 is 2.73 bits per heavy atom. The third kappa shape index (κ3) is 2.23. The molecule has 0 spiro atoms. The molecule has 0 unspecified atom stereocenters. The standard InChI is InChI=1S/C11H12N2O2/c1-8-2-4-9(5-3-8)11-6-10(7-14-12)15-13-11/h2-6H,7,12H2,1H3. The van der Waals surface area contributed by atoms with E-state index in [1.165, 1.54) is 5.56 Å². The van der Waals surface area contributed by atoms with Crippen LogP contribution in [0.1, 0.15) is 11.3 Å². The molecule has 4 heteroatoms. The van der Waals surface area contributed by atoms with Gasteiger partial charge in [0.1, 0.15) is 12.3 Å². The van der Waals surface area contributed by atoms with Crippen molar-refractivity contribution in [1.29, 1.82) is 0 Å². The molecule has 0 aliphatic rings. The number of aryl methyl sites for hydroxylation is 1. The first-order valence-corrected chi connectivity index (χ1v) is 4.64. The second-order valence-electron chi connectivity index (χ2n) is 3.36. The average molecular weight is 204 g/mol. The predicted octanol–water partition coefficient (Wildman–Crippen LogP) is 2.04. The van der Waals surface area contributed by atoms with Crippen LogP contribution < -0.4 is 5.90 Å². The lowest BCUT2D eigenvalue weighted by atomic mass is 10.1. The van der Waals surface area contributed by atoms with E-state index in [9.17, 15) is 0 Å². The Bertz CT molecular complexity index is 434. The molecule has 0 radical (unpaired) electrons. The van der Waals surface area contributed by atoms with Gasteiger partial charge in [0.2, 0.25) is 0 Å². The quantitative estimate of drug-likeness (QED) is 0.777. The van der Waals surface area contributed by atoms with Crippen molar-refractivity contribution in [3.05, 3.63) is 41.7 Å². The second kappa shape index (κ2) is 4.25. The smallest absolute Gasteiger partial charge is 0.165 e. The molecule has 2 aromatic rings. The van der Waals surface area contributed by atoms with Crippen molar-refractivity contribution in [3.63, 3.8) is 0 Å². The summed E-state index contributed by atoms with van der Waals surface area (Å²) < 4.78 is 5.03. The number of hydrogen-bond donors (Lipinski definition) is 1. The third-order valence-electron chi connectivity index (χ3n) is 2.13. The van der Waals surface area contributed by atoms with Crippen LogP contribution in [0.5, 0.6) is 0 Å². The minimum Gasteiger partial charge on any atom is -0.358 e. The van der Waals surface area contributed by atoms with Gasteiger partial charge in [-0.25, -0.2) is 5.90 Å². The number of benzene rings is 1. The van der Waals surface area contributed by atoms with E-state index < -0.39 is 0 Å². The normalized spacial score (nSPS) is 10.5. The van der Waals surface area contributed by atoms with Crippen LogP contribution in [0.25, 0.3) is 11.3 Å². The molecule has 2 N–H and O–H groups in total. The Labute approximate surface area is 87.6 Å². The van der Waals surface area contributed by atoms with Gasteiger partial charge in [-0.1, -0.05) is 35.0 Å². The highest BCUT2D eigenvalue weighted by Crippen LogP contribution is 2.19. The molecule has 2 rings (SSSR count). The van der Waals surface area contributed by atoms with Crippen LogP contribution in [0.3, 0.4) is 0 Å². The van der Waals surface area contributed by atoms with Crippen LogP contribution in [0, 0.1) is 6.92 Å². The van der Waals surface area contributed by atoms with Crippen LogP contribution in [0.2, 0.25) is 0 Å². The van der Waals surface area contributed by atoms with Gasteiger partial charge >= 0.3 is 0 Å². The first-order chi connectivity index (χ1) is 7.29. The minimum atomic E-state index is 0.235. The van der Waals surface area contributed by atoms with Gasteiger partial charge in [0.15, 0.2) is 5.76 Å². The molecule has 0 saturated carbocycles. The molecule has 0 atom stereocenters. The van der Waals surface area contributed by atoms with Gasteiger partial charge in [-0.05, 0) is 6.92 Å². The Balaban J connectivity index is 2.25. The van der Waals surface area contributed by atoms with Crippen molar-refractivity contribution in [2.75, 3.05) is 0 Å². The summed E-state index contributed by atoms with van der Waals surface area (Å²) >= 11 is 0. The van der Waals surface area contributed by atoms with Crippen LogP contribution in [0.15, 0.2) is 34.9 Å². The van der Waals surface area contributed by atoms with Crippen molar-refractivity contribution in [2.45, 2.75) is 13.5 Å². The van der Waals surface area contributed by atoms with Gasteiger partial charge in [-0.15, -0.1) is 0 Å². The number of nitrogens with two attached hydrogens (primary N) is 1. The Morgan fingerprint density at radius 1 is 1.33 bits per heavy atom. The van der Waals surface area contributed by atoms with E-state index in [1.807, 2.05) is 37.3 Å². The molecule has 0 aliphatic carbocycles. The molecular formula is C11H12N2O2. The maximum absolute atomic E-state index is 5.03. The summed E-state index contributed by atoms with van der Waals surface area (Å²) in [4.78, 5) is 4.46. The number of rotatable bonds is 3. The largest absolute Gasteiger partial charge is 0.358 e. The van der Waals surface area contributed by atoms with Crippen molar-refractivity contribution in [1.82, 2.24) is 5.16 Å². The number of nitrogens with zero attached hydrogens (tertiary/aromatic N) is 1. The van der Waals surface area contributed by atoms with E-state index in [0.29, 0.717) is 5.76 Å². The molecule has 4 nitrogen and oxygen atoms in total. The highest BCUT2D eigenvalue weighted by atomic mass is 16.6. The van der Waals surface area contributed by atoms with Crippen LogP contribution in [-0.4, -0.2) is 5.16 Å². The van der Waals surface area contributed by atoms with E-state index in [2.05, 4.69) is 9.99 Å². The van der Waals surface area contributed by atoms with Crippen molar-refractivity contribution in [3.8, 4) is 11.3 Å². The van der Waals surface area contributed by atoms with Gasteiger partial charge < -0.3 is 4.52 Å². The Hall–Kier alpha value is -1.65. The Kier molecular flexibility index (Phi) is 2.80. The molecule has 1 aromatic carbocycles. The van der Waals surface area contributed by atoms with E-state index in [4.69, 9.17) is 10.4 Å². The van der Waals surface area contributed by atoms with E-state index in [-0.39, 0.29) is 6.61 Å². The van der Waals surface area contributed by atoms with Crippen molar-refractivity contribution in [2.24, 2.45) is 5.90 Å². The van der Waals surface area contributed by atoms with Crippen LogP contribution in [-0.2, 0) is 11.4 Å². The maximum atomic E-state index is 5.03. The summed E-state index contributed by atoms with van der Waals surface area (Å²) in [5, 5.41) is 3.92. The van der Waals surface area contributed by atoms with E-state index in [1.54, 1.807) is 0 Å². The molecule has 0 aliphatic heterocycles. The lowest BCUT2D eigenvalue weighted by Gasteiger charge is -1.95. The zero-order valence-electron chi connectivity index (χ0n) is 8.43. The van der Waals surface area contributed by atoms with Gasteiger partial charge in [0, 0.05) is 11.6 Å². The highest BCUT2D eigenvalue weighted by Gasteiger charge is 2.05. The van der Waals surface area contributed by atoms with Gasteiger partial charge in [0.25, 0.3) is 0 Å². The molecule has 78 valence electrons. The fourth-order valence-electron chi connectivity index (χ4n) is 1.32. The zero-order chi connectivity index (χ0) is 10.7. The summed E-state index contributed by atoms with van der Waals surface area (Å²) in [6.07, 6.45) is 0. The molecule has 0 bridgehead atoms. The van der Waals surface area contributed by atoms with E-state index >= 15 is 0 Å². The Morgan fingerprint density at radius 2 is 2.07 bits per heavy atom. The molecular weight excluding hydrogens is 192 g/mol. The third-order valence-corrected chi connectivity index (χ3v) is 2.13. The minimum absolute atomic E-state index is 0.235. The molecule has 0 amide bonds. The van der Waals surface area contributed by atoms with Crippen LogP contribution >= 0.6 is 0 Å². The van der Waals surface area contributed by atoms with Crippen LogP contribution in [0.4, 0.5) is 0 Å². The molecule has 1 heterocycles. The summed E-state index contributed by atoms with van der Waals surface area (Å²) in [7, 11) is 0. The predicted molar refractivity (Wildman–Crippen MR) is 55.7 cm³/mol. The molecule has 0 saturated heterocycles. The van der Waals surface area contributed by atoms with Gasteiger partial charge in [-0.3, -0.25) is 4.84 Å². The first-order valence-electron chi connectivity index (χ1n) is 4.64. The van der Waals surface area contributed by atoms with Gasteiger partial charge in [0.05, 0.1) is 0 Å². The zero-order valence-corrected chi connectivity index (χ0v) is 8.43. The topological polar surface area (TPSA) is 61.3 Å². The molecule has 0 fully saturated rings. The number of aromatic nitrogens is 1. The lowest BCUT2D eigenvalue weighted by Crippen LogP contribution is -1.96. The average Bonchev–Trinajstić information content (AvgIpc) is 2.68. The maximum Gasteiger partial charge on any atom is 0.165 e. The first kappa shape index (κ1) is 9.89. The van der Waals surface area contributed by atoms with Crippen molar-refractivity contribution >= 4 is 0 Å².